The van der Waals surface area contributed by atoms with Crippen LogP contribution in [0.5, 0.6) is 5.75 Å². The molecule has 1 nitrogen and oxygen atoms in total. The van der Waals surface area contributed by atoms with E-state index in [1.165, 1.54) is 37.7 Å². The SMILES string of the molecule is CCCCCCC(CC)c1cscc1O. The molecule has 0 aromatic carbocycles. The summed E-state index contributed by atoms with van der Waals surface area (Å²) in [6.07, 6.45) is 7.61. The van der Waals surface area contributed by atoms with Crippen molar-refractivity contribution in [3.63, 3.8) is 0 Å². The van der Waals surface area contributed by atoms with E-state index < -0.39 is 0 Å². The highest BCUT2D eigenvalue weighted by molar-refractivity contribution is 7.08. The summed E-state index contributed by atoms with van der Waals surface area (Å²) in [4.78, 5) is 0. The average Bonchev–Trinajstić information content (AvgIpc) is 2.65. The highest BCUT2D eigenvalue weighted by Gasteiger charge is 2.13. The smallest absolute Gasteiger partial charge is 0.129 e. The van der Waals surface area contributed by atoms with Gasteiger partial charge in [-0.05, 0) is 24.1 Å². The van der Waals surface area contributed by atoms with E-state index in [9.17, 15) is 5.11 Å². The van der Waals surface area contributed by atoms with Gasteiger partial charge in [0.2, 0.25) is 0 Å². The van der Waals surface area contributed by atoms with Gasteiger partial charge in [-0.3, -0.25) is 0 Å². The molecule has 1 N–H and O–H groups in total. The molecule has 0 radical (unpaired) electrons. The van der Waals surface area contributed by atoms with Gasteiger partial charge < -0.3 is 5.11 Å². The van der Waals surface area contributed by atoms with Gasteiger partial charge in [-0.25, -0.2) is 0 Å². The summed E-state index contributed by atoms with van der Waals surface area (Å²) < 4.78 is 0. The van der Waals surface area contributed by atoms with Crippen LogP contribution in [-0.2, 0) is 0 Å². The molecule has 1 rings (SSSR count). The molecule has 0 aliphatic carbocycles. The lowest BCUT2D eigenvalue weighted by Gasteiger charge is -2.13. The van der Waals surface area contributed by atoms with Gasteiger partial charge in [0, 0.05) is 10.9 Å². The quantitative estimate of drug-likeness (QED) is 0.654. The summed E-state index contributed by atoms with van der Waals surface area (Å²) in [6.45, 7) is 4.45. The van der Waals surface area contributed by atoms with Crippen molar-refractivity contribution in [2.45, 2.75) is 58.3 Å². The molecule has 0 amide bonds. The molecule has 2 heteroatoms. The third kappa shape index (κ3) is 3.86. The van der Waals surface area contributed by atoms with Gasteiger partial charge in [-0.2, -0.15) is 0 Å². The van der Waals surface area contributed by atoms with Crippen LogP contribution in [0.25, 0.3) is 0 Å². The van der Waals surface area contributed by atoms with Crippen molar-refractivity contribution in [2.75, 3.05) is 0 Å². The fraction of sp³-hybridized carbons (Fsp3) is 0.692. The van der Waals surface area contributed by atoms with Gasteiger partial charge in [-0.1, -0.05) is 39.5 Å². The second-order valence-electron chi connectivity index (χ2n) is 4.17. The first-order valence-electron chi connectivity index (χ1n) is 6.04. The molecule has 86 valence electrons. The van der Waals surface area contributed by atoms with Crippen molar-refractivity contribution < 1.29 is 5.11 Å². The van der Waals surface area contributed by atoms with Crippen LogP contribution in [0, 0.1) is 0 Å². The fourth-order valence-corrected chi connectivity index (χ4v) is 2.80. The Hall–Kier alpha value is -0.500. The number of hydrogen-bond donors (Lipinski definition) is 1. The Morgan fingerprint density at radius 2 is 2.00 bits per heavy atom. The van der Waals surface area contributed by atoms with Gasteiger partial charge in [0.25, 0.3) is 0 Å². The highest BCUT2D eigenvalue weighted by Crippen LogP contribution is 2.34. The first kappa shape index (κ1) is 12.6. The lowest BCUT2D eigenvalue weighted by molar-refractivity contribution is 0.454. The summed E-state index contributed by atoms with van der Waals surface area (Å²) in [6, 6.07) is 0. The standard InChI is InChI=1S/C13H22OS/c1-3-5-6-7-8-11(4-2)12-9-15-10-13(12)14/h9-11,14H,3-8H2,1-2H3. The number of aromatic hydroxyl groups is 1. The van der Waals surface area contributed by atoms with Gasteiger partial charge in [0.1, 0.15) is 5.75 Å². The molecule has 0 saturated carbocycles. The molecule has 1 aromatic rings. The minimum Gasteiger partial charge on any atom is -0.507 e. The maximum absolute atomic E-state index is 9.67. The third-order valence-corrected chi connectivity index (χ3v) is 3.76. The van der Waals surface area contributed by atoms with E-state index in [2.05, 4.69) is 19.2 Å². The van der Waals surface area contributed by atoms with Crippen molar-refractivity contribution in [1.29, 1.82) is 0 Å². The summed E-state index contributed by atoms with van der Waals surface area (Å²) >= 11 is 1.60. The van der Waals surface area contributed by atoms with Crippen molar-refractivity contribution in [3.8, 4) is 5.75 Å². The van der Waals surface area contributed by atoms with Gasteiger partial charge in [-0.15, -0.1) is 11.3 Å². The Morgan fingerprint density at radius 1 is 1.20 bits per heavy atom. The molecule has 1 aromatic heterocycles. The van der Waals surface area contributed by atoms with E-state index in [1.807, 2.05) is 5.38 Å². The van der Waals surface area contributed by atoms with E-state index in [1.54, 1.807) is 11.3 Å². The molecule has 15 heavy (non-hydrogen) atoms. The molecule has 1 atom stereocenters. The minimum absolute atomic E-state index is 0.502. The topological polar surface area (TPSA) is 20.2 Å². The Kier molecular flexibility index (Phi) is 5.77. The normalized spacial score (nSPS) is 12.9. The van der Waals surface area contributed by atoms with Gasteiger partial charge in [0.15, 0.2) is 0 Å². The number of unbranched alkanes of at least 4 members (excludes halogenated alkanes) is 3. The molecule has 0 fully saturated rings. The van der Waals surface area contributed by atoms with Crippen LogP contribution in [-0.4, -0.2) is 5.11 Å². The minimum atomic E-state index is 0.502. The second-order valence-corrected chi connectivity index (χ2v) is 4.91. The largest absolute Gasteiger partial charge is 0.507 e. The van der Waals surface area contributed by atoms with Crippen LogP contribution in [0.3, 0.4) is 0 Å². The summed E-state index contributed by atoms with van der Waals surface area (Å²) in [5, 5.41) is 13.6. The average molecular weight is 226 g/mol. The maximum Gasteiger partial charge on any atom is 0.129 e. The molecule has 0 saturated heterocycles. The first-order chi connectivity index (χ1) is 7.29. The predicted molar refractivity (Wildman–Crippen MR) is 67.8 cm³/mol. The Labute approximate surface area is 97.2 Å². The molecule has 1 unspecified atom stereocenters. The van der Waals surface area contributed by atoms with E-state index in [0.717, 1.165) is 6.42 Å². The first-order valence-corrected chi connectivity index (χ1v) is 6.98. The zero-order valence-corrected chi connectivity index (χ0v) is 10.6. The molecular weight excluding hydrogens is 204 g/mol. The van der Waals surface area contributed by atoms with E-state index in [-0.39, 0.29) is 0 Å². The zero-order valence-electron chi connectivity index (χ0n) is 9.83. The zero-order chi connectivity index (χ0) is 11.1. The predicted octanol–water partition coefficient (Wildman–Crippen LogP) is 4.92. The van der Waals surface area contributed by atoms with Crippen LogP contribution in [0.15, 0.2) is 10.8 Å². The number of hydrogen-bond acceptors (Lipinski definition) is 2. The number of rotatable bonds is 7. The molecule has 1 heterocycles. The van der Waals surface area contributed by atoms with E-state index >= 15 is 0 Å². The van der Waals surface area contributed by atoms with Crippen LogP contribution in [0.4, 0.5) is 0 Å². The summed E-state index contributed by atoms with van der Waals surface area (Å²) in [7, 11) is 0. The van der Waals surface area contributed by atoms with E-state index in [0.29, 0.717) is 11.7 Å². The lowest BCUT2D eigenvalue weighted by Crippen LogP contribution is -1.96. The Bertz CT molecular complexity index is 267. The Balaban J connectivity index is 2.39. The van der Waals surface area contributed by atoms with E-state index in [4.69, 9.17) is 0 Å². The van der Waals surface area contributed by atoms with Crippen LogP contribution in [0.2, 0.25) is 0 Å². The number of thiophene rings is 1. The highest BCUT2D eigenvalue weighted by atomic mass is 32.1. The van der Waals surface area contributed by atoms with Crippen molar-refractivity contribution in [1.82, 2.24) is 0 Å². The Morgan fingerprint density at radius 3 is 2.53 bits per heavy atom. The van der Waals surface area contributed by atoms with Crippen molar-refractivity contribution in [2.24, 2.45) is 0 Å². The van der Waals surface area contributed by atoms with Crippen molar-refractivity contribution in [3.05, 3.63) is 16.3 Å². The molecule has 0 aliphatic heterocycles. The second kappa shape index (κ2) is 6.89. The summed E-state index contributed by atoms with van der Waals surface area (Å²) in [5.74, 6) is 1.07. The van der Waals surface area contributed by atoms with Gasteiger partial charge in [0.05, 0.1) is 0 Å². The third-order valence-electron chi connectivity index (χ3n) is 3.01. The maximum atomic E-state index is 9.67. The lowest BCUT2D eigenvalue weighted by atomic mass is 9.92. The molecule has 0 spiro atoms. The molecular formula is C13H22OS. The van der Waals surface area contributed by atoms with Crippen molar-refractivity contribution >= 4 is 11.3 Å². The van der Waals surface area contributed by atoms with Crippen LogP contribution < -0.4 is 0 Å². The monoisotopic (exact) mass is 226 g/mol. The summed E-state index contributed by atoms with van der Waals surface area (Å²) in [5.41, 5.74) is 1.17. The molecule has 0 bridgehead atoms. The fourth-order valence-electron chi connectivity index (χ4n) is 2.00. The van der Waals surface area contributed by atoms with Crippen LogP contribution in [0.1, 0.15) is 63.9 Å². The van der Waals surface area contributed by atoms with Crippen LogP contribution >= 0.6 is 11.3 Å². The van der Waals surface area contributed by atoms with Gasteiger partial charge >= 0.3 is 0 Å². The molecule has 0 aliphatic rings.